The van der Waals surface area contributed by atoms with Crippen molar-refractivity contribution in [1.82, 2.24) is 4.90 Å². The molecule has 0 saturated heterocycles. The van der Waals surface area contributed by atoms with Crippen molar-refractivity contribution < 1.29 is 9.21 Å². The summed E-state index contributed by atoms with van der Waals surface area (Å²) < 4.78 is 5.87. The van der Waals surface area contributed by atoms with E-state index in [9.17, 15) is 4.79 Å². The lowest BCUT2D eigenvalue weighted by Crippen LogP contribution is -2.29. The highest BCUT2D eigenvalue weighted by Crippen LogP contribution is 2.47. The SMILES string of the molecule is C[C@H]1C[C@@H]1c1ccc(CN(C)CC(=O)Nc2c(Cl)cccc2Cl)o1. The predicted molar refractivity (Wildman–Crippen MR) is 96.7 cm³/mol. The van der Waals surface area contributed by atoms with Crippen LogP contribution in [-0.2, 0) is 11.3 Å². The van der Waals surface area contributed by atoms with Crippen LogP contribution in [0, 0.1) is 5.92 Å². The highest BCUT2D eigenvalue weighted by atomic mass is 35.5. The second-order valence-corrected chi connectivity index (χ2v) is 7.26. The lowest BCUT2D eigenvalue weighted by atomic mass is 10.3. The molecule has 6 heteroatoms. The molecule has 24 heavy (non-hydrogen) atoms. The molecule has 1 fully saturated rings. The van der Waals surface area contributed by atoms with Gasteiger partial charge < -0.3 is 9.73 Å². The summed E-state index contributed by atoms with van der Waals surface area (Å²) >= 11 is 12.1. The maximum atomic E-state index is 12.2. The Morgan fingerprint density at radius 3 is 2.58 bits per heavy atom. The Balaban J connectivity index is 1.53. The van der Waals surface area contributed by atoms with E-state index in [-0.39, 0.29) is 12.5 Å². The van der Waals surface area contributed by atoms with Gasteiger partial charge in [0.15, 0.2) is 0 Å². The second kappa shape index (κ2) is 7.18. The standard InChI is InChI=1S/C18H20Cl2N2O2/c1-11-8-13(11)16-7-6-12(24-16)9-22(2)10-17(23)21-18-14(19)4-3-5-15(18)20/h3-7,11,13H,8-10H2,1-2H3,(H,21,23)/t11-,13-/m0/s1. The minimum Gasteiger partial charge on any atom is -0.464 e. The molecule has 0 unspecified atom stereocenters. The second-order valence-electron chi connectivity index (χ2n) is 6.44. The number of nitrogens with one attached hydrogen (secondary N) is 1. The van der Waals surface area contributed by atoms with Crippen LogP contribution in [0.4, 0.5) is 5.69 Å². The van der Waals surface area contributed by atoms with Gasteiger partial charge in [-0.15, -0.1) is 0 Å². The number of benzene rings is 1. The Labute approximate surface area is 151 Å². The van der Waals surface area contributed by atoms with Gasteiger partial charge in [-0.25, -0.2) is 0 Å². The zero-order valence-corrected chi connectivity index (χ0v) is 15.2. The van der Waals surface area contributed by atoms with Crippen molar-refractivity contribution in [1.29, 1.82) is 0 Å². The summed E-state index contributed by atoms with van der Waals surface area (Å²) in [6.07, 6.45) is 1.20. The monoisotopic (exact) mass is 366 g/mol. The summed E-state index contributed by atoms with van der Waals surface area (Å²) in [6.45, 7) is 3.02. The average Bonchev–Trinajstić information content (AvgIpc) is 3.05. The molecule has 1 aromatic carbocycles. The van der Waals surface area contributed by atoms with Crippen molar-refractivity contribution in [2.24, 2.45) is 5.92 Å². The van der Waals surface area contributed by atoms with E-state index in [4.69, 9.17) is 27.6 Å². The number of halogens is 2. The quantitative estimate of drug-likeness (QED) is 0.799. The van der Waals surface area contributed by atoms with Crippen LogP contribution in [0.3, 0.4) is 0 Å². The lowest BCUT2D eigenvalue weighted by molar-refractivity contribution is -0.117. The van der Waals surface area contributed by atoms with Crippen LogP contribution >= 0.6 is 23.2 Å². The molecule has 0 spiro atoms. The summed E-state index contributed by atoms with van der Waals surface area (Å²) in [4.78, 5) is 14.1. The number of hydrogen-bond donors (Lipinski definition) is 1. The van der Waals surface area contributed by atoms with Crippen LogP contribution in [0.1, 0.15) is 30.8 Å². The van der Waals surface area contributed by atoms with Crippen molar-refractivity contribution in [2.45, 2.75) is 25.8 Å². The Bertz CT molecular complexity index is 724. The molecule has 2 aromatic rings. The summed E-state index contributed by atoms with van der Waals surface area (Å²) in [5.41, 5.74) is 0.447. The van der Waals surface area contributed by atoms with Gasteiger partial charge in [0, 0.05) is 5.92 Å². The maximum absolute atomic E-state index is 12.2. The van der Waals surface area contributed by atoms with Gasteiger partial charge in [0.1, 0.15) is 11.5 Å². The van der Waals surface area contributed by atoms with Gasteiger partial charge in [-0.1, -0.05) is 36.2 Å². The van der Waals surface area contributed by atoms with Gasteiger partial charge in [0.25, 0.3) is 0 Å². The number of carbonyl (C=O) groups is 1. The molecule has 3 rings (SSSR count). The smallest absolute Gasteiger partial charge is 0.238 e. The number of nitrogens with zero attached hydrogens (tertiary/aromatic N) is 1. The Hall–Kier alpha value is -1.49. The number of para-hydroxylation sites is 1. The van der Waals surface area contributed by atoms with Crippen molar-refractivity contribution in [2.75, 3.05) is 18.9 Å². The van der Waals surface area contributed by atoms with Crippen LogP contribution in [0.15, 0.2) is 34.7 Å². The molecule has 1 N–H and O–H groups in total. The summed E-state index contributed by atoms with van der Waals surface area (Å²) in [7, 11) is 1.87. The number of likely N-dealkylation sites (N-methyl/N-ethyl adjacent to an activating group) is 1. The normalized spacial score (nSPS) is 19.5. The van der Waals surface area contributed by atoms with E-state index in [1.165, 1.54) is 6.42 Å². The average molecular weight is 367 g/mol. The topological polar surface area (TPSA) is 45.5 Å². The first-order valence-electron chi connectivity index (χ1n) is 7.95. The van der Waals surface area contributed by atoms with E-state index in [2.05, 4.69) is 12.2 Å². The van der Waals surface area contributed by atoms with Gasteiger partial charge in [0.2, 0.25) is 5.91 Å². The molecule has 2 atom stereocenters. The van der Waals surface area contributed by atoms with E-state index in [1.54, 1.807) is 18.2 Å². The van der Waals surface area contributed by atoms with Crippen LogP contribution in [0.2, 0.25) is 10.0 Å². The Morgan fingerprint density at radius 1 is 1.29 bits per heavy atom. The molecule has 1 amide bonds. The third kappa shape index (κ3) is 4.12. The van der Waals surface area contributed by atoms with E-state index in [0.717, 1.165) is 11.5 Å². The van der Waals surface area contributed by atoms with Crippen LogP contribution < -0.4 is 5.32 Å². The van der Waals surface area contributed by atoms with Crippen molar-refractivity contribution in [3.63, 3.8) is 0 Å². The highest BCUT2D eigenvalue weighted by molar-refractivity contribution is 6.39. The minimum absolute atomic E-state index is 0.171. The zero-order valence-electron chi connectivity index (χ0n) is 13.7. The van der Waals surface area contributed by atoms with Crippen molar-refractivity contribution in [3.05, 3.63) is 51.9 Å². The number of furan rings is 1. The molecule has 1 aromatic heterocycles. The maximum Gasteiger partial charge on any atom is 0.238 e. The van der Waals surface area contributed by atoms with Crippen LogP contribution in [-0.4, -0.2) is 24.4 Å². The molecular formula is C18H20Cl2N2O2. The Kier molecular flexibility index (Phi) is 5.18. The molecule has 1 aliphatic carbocycles. The van der Waals surface area contributed by atoms with Gasteiger partial charge in [-0.05, 0) is 43.7 Å². The predicted octanol–water partition coefficient (Wildman–Crippen LogP) is 4.78. The fourth-order valence-electron chi connectivity index (χ4n) is 2.76. The van der Waals surface area contributed by atoms with Gasteiger partial charge in [0.05, 0.1) is 28.8 Å². The number of rotatable bonds is 6. The molecule has 0 radical (unpaired) electrons. The van der Waals surface area contributed by atoms with E-state index >= 15 is 0 Å². The fourth-order valence-corrected chi connectivity index (χ4v) is 3.25. The first kappa shape index (κ1) is 17.3. The minimum atomic E-state index is -0.171. The Morgan fingerprint density at radius 2 is 1.96 bits per heavy atom. The number of anilines is 1. The molecule has 128 valence electrons. The van der Waals surface area contributed by atoms with E-state index in [0.29, 0.717) is 34.1 Å². The molecule has 1 aliphatic rings. The van der Waals surface area contributed by atoms with Crippen LogP contribution in [0.25, 0.3) is 0 Å². The first-order valence-corrected chi connectivity index (χ1v) is 8.70. The summed E-state index contributed by atoms with van der Waals surface area (Å²) in [5, 5.41) is 3.61. The number of carbonyl (C=O) groups excluding carboxylic acids is 1. The third-order valence-electron chi connectivity index (χ3n) is 4.22. The molecule has 1 heterocycles. The van der Waals surface area contributed by atoms with Gasteiger partial charge in [-0.2, -0.15) is 0 Å². The fraction of sp³-hybridized carbons (Fsp3) is 0.389. The number of hydrogen-bond acceptors (Lipinski definition) is 3. The van der Waals surface area contributed by atoms with Crippen LogP contribution in [0.5, 0.6) is 0 Å². The van der Waals surface area contributed by atoms with E-state index in [1.807, 2.05) is 24.1 Å². The molecule has 0 bridgehead atoms. The zero-order chi connectivity index (χ0) is 17.3. The first-order chi connectivity index (χ1) is 11.4. The molecule has 4 nitrogen and oxygen atoms in total. The highest BCUT2D eigenvalue weighted by Gasteiger charge is 2.36. The lowest BCUT2D eigenvalue weighted by Gasteiger charge is -2.16. The van der Waals surface area contributed by atoms with Crippen molar-refractivity contribution in [3.8, 4) is 0 Å². The molecule has 1 saturated carbocycles. The molecule has 0 aliphatic heterocycles. The third-order valence-corrected chi connectivity index (χ3v) is 4.85. The number of amides is 1. The molecular weight excluding hydrogens is 347 g/mol. The van der Waals surface area contributed by atoms with Gasteiger partial charge in [-0.3, -0.25) is 9.69 Å². The van der Waals surface area contributed by atoms with E-state index < -0.39 is 0 Å². The van der Waals surface area contributed by atoms with Crippen molar-refractivity contribution >= 4 is 34.8 Å². The largest absolute Gasteiger partial charge is 0.464 e. The summed E-state index contributed by atoms with van der Waals surface area (Å²) in [6, 6.07) is 9.15. The van der Waals surface area contributed by atoms with Gasteiger partial charge >= 0.3 is 0 Å². The summed E-state index contributed by atoms with van der Waals surface area (Å²) in [5.74, 6) is 3.03.